The van der Waals surface area contributed by atoms with E-state index in [0.29, 0.717) is 12.3 Å². The molecule has 134 valence electrons. The fraction of sp³-hybridized carbons (Fsp3) is 0.0588. The molecule has 1 aromatic carbocycles. The van der Waals surface area contributed by atoms with Crippen LogP contribution in [0.15, 0.2) is 47.8 Å². The molecule has 0 aliphatic heterocycles. The number of hydrogen-bond acceptors (Lipinski definition) is 6. The highest BCUT2D eigenvalue weighted by molar-refractivity contribution is 6.31. The molecule has 27 heavy (non-hydrogen) atoms. The fourth-order valence-corrected chi connectivity index (χ4v) is 2.04. The van der Waals surface area contributed by atoms with E-state index in [1.807, 2.05) is 0 Å². The normalized spacial score (nSPS) is 10.1. The smallest absolute Gasteiger partial charge is 0.417 e. The molecule has 10 heteroatoms. The third-order valence-electron chi connectivity index (χ3n) is 3.07. The number of nitrogens with one attached hydrogen (secondary N) is 1. The predicted molar refractivity (Wildman–Crippen MR) is 88.3 cm³/mol. The van der Waals surface area contributed by atoms with Crippen LogP contribution in [-0.2, 0) is 6.18 Å². The van der Waals surface area contributed by atoms with Crippen molar-refractivity contribution in [1.82, 2.24) is 4.98 Å². The number of para-hydroxylation sites is 2. The van der Waals surface area contributed by atoms with Gasteiger partial charge in [0.15, 0.2) is 11.3 Å². The fourth-order valence-electron chi connectivity index (χ4n) is 1.84. The van der Waals surface area contributed by atoms with E-state index in [9.17, 15) is 13.2 Å². The Kier molecular flexibility index (Phi) is 5.87. The second-order valence-electron chi connectivity index (χ2n) is 4.82. The van der Waals surface area contributed by atoms with Crippen molar-refractivity contribution >= 4 is 17.3 Å². The number of nitriles is 3. The second-order valence-corrected chi connectivity index (χ2v) is 5.22. The van der Waals surface area contributed by atoms with Crippen LogP contribution in [-0.4, -0.2) is 4.98 Å². The van der Waals surface area contributed by atoms with Crippen LogP contribution in [0.5, 0.6) is 11.6 Å². The molecule has 0 fully saturated rings. The van der Waals surface area contributed by atoms with Gasteiger partial charge in [-0.25, -0.2) is 4.98 Å². The molecular formula is C17H7ClF3N5O. The van der Waals surface area contributed by atoms with Crippen molar-refractivity contribution in [3.63, 3.8) is 0 Å². The summed E-state index contributed by atoms with van der Waals surface area (Å²) in [6.07, 6.45) is -4.03. The monoisotopic (exact) mass is 389 g/mol. The highest BCUT2D eigenvalue weighted by Gasteiger charge is 2.31. The van der Waals surface area contributed by atoms with E-state index in [4.69, 9.17) is 32.1 Å². The van der Waals surface area contributed by atoms with Gasteiger partial charge in [-0.2, -0.15) is 29.0 Å². The Hall–Kier alpha value is -3.74. The molecule has 0 unspecified atom stereocenters. The summed E-state index contributed by atoms with van der Waals surface area (Å²) < 4.78 is 43.5. The number of anilines is 1. The Labute approximate surface area is 156 Å². The van der Waals surface area contributed by atoms with Gasteiger partial charge in [0, 0.05) is 6.20 Å². The molecule has 2 aromatic rings. The van der Waals surface area contributed by atoms with Crippen LogP contribution in [0.1, 0.15) is 5.56 Å². The molecule has 0 bridgehead atoms. The van der Waals surface area contributed by atoms with Crippen LogP contribution in [0.3, 0.4) is 0 Å². The molecule has 0 spiro atoms. The number of pyridine rings is 1. The van der Waals surface area contributed by atoms with E-state index in [1.165, 1.54) is 12.1 Å². The van der Waals surface area contributed by atoms with Gasteiger partial charge in [0.1, 0.15) is 28.9 Å². The first-order chi connectivity index (χ1) is 12.8. The van der Waals surface area contributed by atoms with Crippen LogP contribution in [0, 0.1) is 34.0 Å². The SMILES string of the molecule is N#CC(C#N)=C(C#N)Nc1ccccc1Oc1ncc(C(F)(F)F)cc1Cl. The van der Waals surface area contributed by atoms with E-state index < -0.39 is 17.3 Å². The molecule has 0 saturated heterocycles. The zero-order valence-electron chi connectivity index (χ0n) is 13.2. The number of allylic oxidation sites excluding steroid dienone is 2. The van der Waals surface area contributed by atoms with Crippen molar-refractivity contribution < 1.29 is 17.9 Å². The summed E-state index contributed by atoms with van der Waals surface area (Å²) in [4.78, 5) is 3.56. The molecule has 6 nitrogen and oxygen atoms in total. The lowest BCUT2D eigenvalue weighted by atomic mass is 10.2. The molecule has 0 saturated carbocycles. The first kappa shape index (κ1) is 19.6. The lowest BCUT2D eigenvalue weighted by molar-refractivity contribution is -0.137. The molecule has 1 heterocycles. The van der Waals surface area contributed by atoms with Gasteiger partial charge in [-0.1, -0.05) is 23.7 Å². The molecule has 0 aliphatic carbocycles. The highest BCUT2D eigenvalue weighted by atomic mass is 35.5. The Bertz CT molecular complexity index is 1010. The van der Waals surface area contributed by atoms with E-state index in [-0.39, 0.29) is 28.0 Å². The summed E-state index contributed by atoms with van der Waals surface area (Å²) in [5, 5.41) is 29.0. The highest BCUT2D eigenvalue weighted by Crippen LogP contribution is 2.36. The summed E-state index contributed by atoms with van der Waals surface area (Å²) in [5.41, 5.74) is -1.62. The van der Waals surface area contributed by atoms with Crippen LogP contribution >= 0.6 is 11.6 Å². The van der Waals surface area contributed by atoms with Gasteiger partial charge in [0.05, 0.1) is 11.3 Å². The summed E-state index contributed by atoms with van der Waals surface area (Å²) in [7, 11) is 0. The van der Waals surface area contributed by atoms with Crippen molar-refractivity contribution in [2.24, 2.45) is 0 Å². The second kappa shape index (κ2) is 8.09. The first-order valence-electron chi connectivity index (χ1n) is 7.01. The van der Waals surface area contributed by atoms with Gasteiger partial charge < -0.3 is 10.1 Å². The topological polar surface area (TPSA) is 106 Å². The van der Waals surface area contributed by atoms with E-state index >= 15 is 0 Å². The van der Waals surface area contributed by atoms with Gasteiger partial charge in [0.2, 0.25) is 5.88 Å². The number of rotatable bonds is 4. The summed E-state index contributed by atoms with van der Waals surface area (Å²) in [5.74, 6) is -0.225. The minimum Gasteiger partial charge on any atom is -0.435 e. The maximum absolute atomic E-state index is 12.7. The molecule has 1 aromatic heterocycles. The number of hydrogen-bond donors (Lipinski definition) is 1. The average Bonchev–Trinajstić information content (AvgIpc) is 2.63. The van der Waals surface area contributed by atoms with Gasteiger partial charge in [-0.05, 0) is 18.2 Å². The molecule has 0 aliphatic rings. The van der Waals surface area contributed by atoms with Gasteiger partial charge in [0.25, 0.3) is 0 Å². The third-order valence-corrected chi connectivity index (χ3v) is 3.34. The third kappa shape index (κ3) is 4.66. The molecule has 0 amide bonds. The van der Waals surface area contributed by atoms with Crippen LogP contribution < -0.4 is 10.1 Å². The minimum absolute atomic E-state index is 0.0645. The Morgan fingerprint density at radius 1 is 1.11 bits per heavy atom. The number of alkyl halides is 3. The van der Waals surface area contributed by atoms with E-state index in [2.05, 4.69) is 10.3 Å². The number of halogens is 4. The van der Waals surface area contributed by atoms with Crippen molar-refractivity contribution in [3.8, 4) is 29.8 Å². The first-order valence-corrected chi connectivity index (χ1v) is 7.39. The molecule has 0 radical (unpaired) electrons. The maximum Gasteiger partial charge on any atom is 0.417 e. The van der Waals surface area contributed by atoms with Gasteiger partial charge in [-0.15, -0.1) is 0 Å². The van der Waals surface area contributed by atoms with Crippen molar-refractivity contribution in [3.05, 3.63) is 58.4 Å². The predicted octanol–water partition coefficient (Wildman–Crippen LogP) is 4.78. The van der Waals surface area contributed by atoms with Crippen LogP contribution in [0.4, 0.5) is 18.9 Å². The van der Waals surface area contributed by atoms with Crippen molar-refractivity contribution in [2.45, 2.75) is 6.18 Å². The molecule has 0 atom stereocenters. The number of nitrogens with zero attached hydrogens (tertiary/aromatic N) is 4. The number of benzene rings is 1. The standard InChI is InChI=1S/C17H7ClF3N5O/c18-12-5-11(17(19,20)21)9-25-16(12)27-15-4-2-1-3-13(15)26-14(8-24)10(6-22)7-23/h1-5,9,26H. The van der Waals surface area contributed by atoms with Crippen molar-refractivity contribution in [1.29, 1.82) is 15.8 Å². The largest absolute Gasteiger partial charge is 0.435 e. The molecular weight excluding hydrogens is 383 g/mol. The van der Waals surface area contributed by atoms with E-state index in [1.54, 1.807) is 30.3 Å². The van der Waals surface area contributed by atoms with Gasteiger partial charge in [-0.3, -0.25) is 0 Å². The Balaban J connectivity index is 2.38. The Morgan fingerprint density at radius 2 is 1.78 bits per heavy atom. The van der Waals surface area contributed by atoms with Crippen molar-refractivity contribution in [2.75, 3.05) is 5.32 Å². The van der Waals surface area contributed by atoms with Crippen LogP contribution in [0.25, 0.3) is 0 Å². The molecule has 2 rings (SSSR count). The quantitative estimate of drug-likeness (QED) is 0.754. The zero-order valence-corrected chi connectivity index (χ0v) is 13.9. The average molecular weight is 390 g/mol. The summed E-state index contributed by atoms with van der Waals surface area (Å²) in [6, 6.07) is 11.5. The van der Waals surface area contributed by atoms with Crippen LogP contribution in [0.2, 0.25) is 5.02 Å². The molecule has 1 N–H and O–H groups in total. The van der Waals surface area contributed by atoms with E-state index in [0.717, 1.165) is 0 Å². The minimum atomic E-state index is -4.61. The lowest BCUT2D eigenvalue weighted by Crippen LogP contribution is -2.06. The van der Waals surface area contributed by atoms with Gasteiger partial charge >= 0.3 is 6.18 Å². The Morgan fingerprint density at radius 3 is 2.33 bits per heavy atom. The summed E-state index contributed by atoms with van der Waals surface area (Å²) >= 11 is 5.81. The maximum atomic E-state index is 12.7. The summed E-state index contributed by atoms with van der Waals surface area (Å²) in [6.45, 7) is 0. The number of aromatic nitrogens is 1. The lowest BCUT2D eigenvalue weighted by Gasteiger charge is -2.13. The zero-order chi connectivity index (χ0) is 20.0. The number of ether oxygens (including phenoxy) is 1.